The lowest BCUT2D eigenvalue weighted by molar-refractivity contribution is -0.141. The Morgan fingerprint density at radius 3 is 2.53 bits per heavy atom. The van der Waals surface area contributed by atoms with E-state index >= 15 is 0 Å². The van der Waals surface area contributed by atoms with Gasteiger partial charge in [-0.05, 0) is 22.0 Å². The monoisotopic (exact) mass is 308 g/mol. The van der Waals surface area contributed by atoms with Crippen molar-refractivity contribution in [2.75, 3.05) is 0 Å². The van der Waals surface area contributed by atoms with Gasteiger partial charge in [0.2, 0.25) is 0 Å². The number of hydrogen-bond donors (Lipinski definition) is 0. The summed E-state index contributed by atoms with van der Waals surface area (Å²) < 4.78 is 40.3. The lowest BCUT2D eigenvalue weighted by atomic mass is 10.4. The lowest BCUT2D eigenvalue weighted by Crippen LogP contribution is -2.09. The highest BCUT2D eigenvalue weighted by molar-refractivity contribution is 9.10. The fraction of sp³-hybridized carbons (Fsp3) is 0.333. The Kier molecular flexibility index (Phi) is 2.98. The van der Waals surface area contributed by atoms with Crippen LogP contribution in [0, 0.1) is 0 Å². The van der Waals surface area contributed by atoms with Crippen LogP contribution in [-0.2, 0) is 19.8 Å². The normalized spacial score (nSPS) is 12.1. The highest BCUT2D eigenvalue weighted by Gasteiger charge is 2.34. The fourth-order valence-corrected chi connectivity index (χ4v) is 1.77. The van der Waals surface area contributed by atoms with Gasteiger partial charge < -0.3 is 0 Å². The van der Waals surface area contributed by atoms with Gasteiger partial charge in [-0.1, -0.05) is 0 Å². The van der Waals surface area contributed by atoms with Crippen molar-refractivity contribution in [2.45, 2.75) is 12.7 Å². The van der Waals surface area contributed by atoms with Crippen LogP contribution in [0.4, 0.5) is 13.2 Å². The summed E-state index contributed by atoms with van der Waals surface area (Å²) in [7, 11) is 1.74. The van der Waals surface area contributed by atoms with E-state index in [1.54, 1.807) is 24.0 Å². The van der Waals surface area contributed by atoms with Crippen LogP contribution in [0.3, 0.4) is 0 Å². The van der Waals surface area contributed by atoms with Crippen molar-refractivity contribution in [3.63, 3.8) is 0 Å². The SMILES string of the molecule is Cn1ccc(Cn2nc(C(F)(F)F)cc2Br)n1. The van der Waals surface area contributed by atoms with Crippen molar-refractivity contribution >= 4 is 15.9 Å². The molecule has 0 aliphatic heterocycles. The molecule has 0 atom stereocenters. The van der Waals surface area contributed by atoms with Gasteiger partial charge in [-0.15, -0.1) is 0 Å². The maximum atomic E-state index is 12.4. The van der Waals surface area contributed by atoms with E-state index in [0.29, 0.717) is 5.69 Å². The zero-order chi connectivity index (χ0) is 12.6. The maximum absolute atomic E-state index is 12.4. The van der Waals surface area contributed by atoms with Gasteiger partial charge in [0.25, 0.3) is 0 Å². The van der Waals surface area contributed by atoms with E-state index in [2.05, 4.69) is 26.1 Å². The number of alkyl halides is 3. The zero-order valence-electron chi connectivity index (χ0n) is 8.74. The molecular weight excluding hydrogens is 301 g/mol. The minimum absolute atomic E-state index is 0.192. The average Bonchev–Trinajstić information content (AvgIpc) is 2.74. The molecule has 0 aliphatic carbocycles. The Labute approximate surface area is 103 Å². The molecule has 8 heteroatoms. The van der Waals surface area contributed by atoms with Crippen LogP contribution in [0.15, 0.2) is 22.9 Å². The van der Waals surface area contributed by atoms with Crippen LogP contribution in [0.1, 0.15) is 11.4 Å². The van der Waals surface area contributed by atoms with E-state index < -0.39 is 11.9 Å². The van der Waals surface area contributed by atoms with E-state index in [9.17, 15) is 13.2 Å². The molecule has 0 bridgehead atoms. The summed E-state index contributed by atoms with van der Waals surface area (Å²) in [6, 6.07) is 2.67. The number of hydrogen-bond acceptors (Lipinski definition) is 2. The van der Waals surface area contributed by atoms with Crippen LogP contribution in [0.25, 0.3) is 0 Å². The molecule has 0 spiro atoms. The van der Waals surface area contributed by atoms with Gasteiger partial charge in [-0.3, -0.25) is 9.36 Å². The quantitative estimate of drug-likeness (QED) is 0.854. The Bertz CT molecular complexity index is 529. The van der Waals surface area contributed by atoms with E-state index in [1.165, 1.54) is 4.68 Å². The molecule has 0 N–H and O–H groups in total. The molecule has 0 aromatic carbocycles. The van der Waals surface area contributed by atoms with Gasteiger partial charge in [0.15, 0.2) is 5.69 Å². The van der Waals surface area contributed by atoms with E-state index in [0.717, 1.165) is 6.07 Å². The Hall–Kier alpha value is -1.31. The van der Waals surface area contributed by atoms with Crippen LogP contribution >= 0.6 is 15.9 Å². The second-order valence-corrected chi connectivity index (χ2v) is 4.30. The molecule has 4 nitrogen and oxygen atoms in total. The molecule has 92 valence electrons. The van der Waals surface area contributed by atoms with Crippen molar-refractivity contribution in [3.8, 4) is 0 Å². The molecule has 0 saturated heterocycles. The van der Waals surface area contributed by atoms with Crippen LogP contribution < -0.4 is 0 Å². The topological polar surface area (TPSA) is 35.6 Å². The number of nitrogens with zero attached hydrogens (tertiary/aromatic N) is 4. The molecule has 2 aromatic rings. The molecular formula is C9H8BrF3N4. The second kappa shape index (κ2) is 4.17. The predicted octanol–water partition coefficient (Wildman–Crippen LogP) is 2.45. The van der Waals surface area contributed by atoms with Gasteiger partial charge in [0.1, 0.15) is 4.60 Å². The molecule has 0 amide bonds. The van der Waals surface area contributed by atoms with Crippen LogP contribution in [0.2, 0.25) is 0 Å². The molecule has 2 heterocycles. The minimum atomic E-state index is -4.43. The predicted molar refractivity (Wildman–Crippen MR) is 57.2 cm³/mol. The molecule has 0 unspecified atom stereocenters. The number of rotatable bonds is 2. The first-order valence-corrected chi connectivity index (χ1v) is 5.44. The largest absolute Gasteiger partial charge is 0.435 e. The highest BCUT2D eigenvalue weighted by Crippen LogP contribution is 2.30. The molecule has 0 fully saturated rings. The zero-order valence-corrected chi connectivity index (χ0v) is 10.3. The minimum Gasteiger partial charge on any atom is -0.275 e. The van der Waals surface area contributed by atoms with E-state index in [4.69, 9.17) is 0 Å². The first-order valence-electron chi connectivity index (χ1n) is 4.65. The summed E-state index contributed by atoms with van der Waals surface area (Å²) in [6.45, 7) is 0.192. The Morgan fingerprint density at radius 1 is 1.35 bits per heavy atom. The summed E-state index contributed by atoms with van der Waals surface area (Å²) in [6.07, 6.45) is -2.71. The summed E-state index contributed by atoms with van der Waals surface area (Å²) in [5.74, 6) is 0. The van der Waals surface area contributed by atoms with Crippen molar-refractivity contribution in [3.05, 3.63) is 34.3 Å². The third kappa shape index (κ3) is 2.68. The third-order valence-electron chi connectivity index (χ3n) is 2.10. The van der Waals surface area contributed by atoms with Crippen LogP contribution in [-0.4, -0.2) is 19.6 Å². The van der Waals surface area contributed by atoms with Crippen molar-refractivity contribution in [1.29, 1.82) is 0 Å². The highest BCUT2D eigenvalue weighted by atomic mass is 79.9. The van der Waals surface area contributed by atoms with E-state index in [-0.39, 0.29) is 11.1 Å². The van der Waals surface area contributed by atoms with Crippen LogP contribution in [0.5, 0.6) is 0 Å². The first-order chi connectivity index (χ1) is 7.86. The Morgan fingerprint density at radius 2 is 2.06 bits per heavy atom. The van der Waals surface area contributed by atoms with Gasteiger partial charge in [0, 0.05) is 19.3 Å². The van der Waals surface area contributed by atoms with Gasteiger partial charge in [-0.2, -0.15) is 23.4 Å². The van der Waals surface area contributed by atoms with Gasteiger partial charge in [-0.25, -0.2) is 0 Å². The Balaban J connectivity index is 2.25. The molecule has 0 saturated carbocycles. The smallest absolute Gasteiger partial charge is 0.275 e. The standard InChI is InChI=1S/C9H8BrF3N4/c1-16-3-2-6(14-16)5-17-8(10)4-7(15-17)9(11,12)13/h2-4H,5H2,1H3. The molecule has 0 radical (unpaired) electrons. The average molecular weight is 309 g/mol. The number of aromatic nitrogens is 4. The maximum Gasteiger partial charge on any atom is 0.435 e. The van der Waals surface area contributed by atoms with Gasteiger partial charge in [0.05, 0.1) is 12.2 Å². The van der Waals surface area contributed by atoms with Gasteiger partial charge >= 0.3 is 6.18 Å². The summed E-state index contributed by atoms with van der Waals surface area (Å²) in [5.41, 5.74) is -0.273. The molecule has 17 heavy (non-hydrogen) atoms. The second-order valence-electron chi connectivity index (χ2n) is 3.49. The lowest BCUT2D eigenvalue weighted by Gasteiger charge is -2.01. The summed E-state index contributed by atoms with van der Waals surface area (Å²) in [4.78, 5) is 0. The molecule has 2 aromatic heterocycles. The number of aryl methyl sites for hydroxylation is 1. The summed E-state index contributed by atoms with van der Waals surface area (Å²) in [5, 5.41) is 7.55. The fourth-order valence-electron chi connectivity index (χ4n) is 1.34. The van der Waals surface area contributed by atoms with Crippen molar-refractivity contribution in [2.24, 2.45) is 7.05 Å². The molecule has 0 aliphatic rings. The van der Waals surface area contributed by atoms with Crippen molar-refractivity contribution in [1.82, 2.24) is 19.6 Å². The third-order valence-corrected chi connectivity index (χ3v) is 2.74. The van der Waals surface area contributed by atoms with Crippen molar-refractivity contribution < 1.29 is 13.2 Å². The number of halogens is 4. The summed E-state index contributed by atoms with van der Waals surface area (Å²) >= 11 is 3.04. The molecule has 2 rings (SSSR count). The first kappa shape index (κ1) is 12.2. The van der Waals surface area contributed by atoms with E-state index in [1.807, 2.05) is 0 Å².